The fourth-order valence-corrected chi connectivity index (χ4v) is 2.98. The molecule has 0 atom stereocenters. The monoisotopic (exact) mass is 478 g/mol. The second-order valence-electron chi connectivity index (χ2n) is 6.54. The van der Waals surface area contributed by atoms with Crippen LogP contribution in [0.1, 0.15) is 21.5 Å². The topological polar surface area (TPSA) is 99.7 Å². The first-order valence-corrected chi connectivity index (χ1v) is 10.1. The smallest absolute Gasteiger partial charge is 0.322 e. The summed E-state index contributed by atoms with van der Waals surface area (Å²) in [6, 6.07) is 21.0. The van der Waals surface area contributed by atoms with Gasteiger partial charge in [0.2, 0.25) is 0 Å². The largest absolute Gasteiger partial charge is 0.329 e. The maximum Gasteiger partial charge on any atom is 0.329 e. The molecule has 0 unspecified atom stereocenters. The van der Waals surface area contributed by atoms with Crippen LogP contribution in [0, 0.1) is 6.92 Å². The van der Waals surface area contributed by atoms with Crippen LogP contribution in [0.2, 0.25) is 0 Å². The molecule has 0 aromatic heterocycles. The number of amides is 3. The summed E-state index contributed by atoms with van der Waals surface area (Å²) in [6.45, 7) is 1.95. The van der Waals surface area contributed by atoms with Crippen molar-refractivity contribution in [1.82, 2.24) is 5.43 Å². The van der Waals surface area contributed by atoms with Crippen molar-refractivity contribution in [2.45, 2.75) is 6.92 Å². The van der Waals surface area contributed by atoms with Gasteiger partial charge in [-0.05, 0) is 37.3 Å². The van der Waals surface area contributed by atoms with Crippen molar-refractivity contribution in [1.29, 1.82) is 0 Å². The lowest BCUT2D eigenvalue weighted by Crippen LogP contribution is -2.33. The highest BCUT2D eigenvalue weighted by Crippen LogP contribution is 2.18. The second-order valence-corrected chi connectivity index (χ2v) is 7.39. The molecule has 0 radical (unpaired) electrons. The Morgan fingerprint density at radius 2 is 1.52 bits per heavy atom. The number of anilines is 2. The summed E-state index contributed by atoms with van der Waals surface area (Å²) in [4.78, 5) is 37.0. The normalized spacial score (nSPS) is 10.5. The Hall–Kier alpha value is -3.78. The van der Waals surface area contributed by atoms with Gasteiger partial charge in [-0.3, -0.25) is 14.4 Å². The predicted molar refractivity (Wildman–Crippen MR) is 124 cm³/mol. The molecule has 7 nitrogen and oxygen atoms in total. The number of nitrogens with one attached hydrogen (secondary N) is 3. The van der Waals surface area contributed by atoms with Crippen LogP contribution in [0.25, 0.3) is 0 Å². The van der Waals surface area contributed by atoms with Gasteiger partial charge in [-0.15, -0.1) is 0 Å². The molecule has 3 aromatic carbocycles. The van der Waals surface area contributed by atoms with Crippen LogP contribution in [0.4, 0.5) is 11.4 Å². The van der Waals surface area contributed by atoms with E-state index in [1.54, 1.807) is 42.5 Å². The molecule has 0 aliphatic heterocycles. The van der Waals surface area contributed by atoms with E-state index in [0.717, 1.165) is 15.6 Å². The number of hydrazone groups is 1. The molecule has 0 bridgehead atoms. The van der Waals surface area contributed by atoms with Crippen molar-refractivity contribution in [3.05, 3.63) is 94.0 Å². The summed E-state index contributed by atoms with van der Waals surface area (Å²) in [5, 5.41) is 9.01. The minimum atomic E-state index is -0.961. The van der Waals surface area contributed by atoms with E-state index in [0.29, 0.717) is 5.69 Å². The minimum Gasteiger partial charge on any atom is -0.322 e. The fraction of sp³-hybridized carbons (Fsp3) is 0.0435. The molecular weight excluding hydrogens is 460 g/mol. The Kier molecular flexibility index (Phi) is 7.29. The molecule has 0 heterocycles. The molecule has 3 amide bonds. The van der Waals surface area contributed by atoms with Crippen LogP contribution in [0.5, 0.6) is 0 Å². The van der Waals surface area contributed by atoms with Crippen molar-refractivity contribution in [2.24, 2.45) is 5.10 Å². The third-order valence-electron chi connectivity index (χ3n) is 4.21. The number of carbonyl (C=O) groups is 3. The summed E-state index contributed by atoms with van der Waals surface area (Å²) >= 11 is 3.36. The summed E-state index contributed by atoms with van der Waals surface area (Å²) in [5.74, 6) is -2.32. The highest BCUT2D eigenvalue weighted by atomic mass is 79.9. The van der Waals surface area contributed by atoms with E-state index in [-0.39, 0.29) is 11.3 Å². The standard InChI is InChI=1S/C23H19BrN4O3/c1-15-10-12-17(13-11-15)26-21(29)18-7-3-5-9-20(18)27-22(30)23(31)28-25-14-16-6-2-4-8-19(16)24/h2-14H,1H3,(H,26,29)(H,27,30)(H,28,31)/b25-14+. The summed E-state index contributed by atoms with van der Waals surface area (Å²) in [7, 11) is 0. The van der Waals surface area contributed by atoms with Crippen molar-refractivity contribution in [2.75, 3.05) is 10.6 Å². The van der Waals surface area contributed by atoms with Crippen LogP contribution in [-0.2, 0) is 9.59 Å². The average Bonchev–Trinajstić information content (AvgIpc) is 2.77. The Labute approximate surface area is 187 Å². The van der Waals surface area contributed by atoms with E-state index in [1.807, 2.05) is 37.3 Å². The number of benzene rings is 3. The third-order valence-corrected chi connectivity index (χ3v) is 4.93. The zero-order chi connectivity index (χ0) is 22.2. The van der Waals surface area contributed by atoms with E-state index in [1.165, 1.54) is 6.21 Å². The number of nitrogens with zero attached hydrogens (tertiary/aromatic N) is 1. The molecule has 3 aromatic rings. The van der Waals surface area contributed by atoms with E-state index < -0.39 is 17.7 Å². The average molecular weight is 479 g/mol. The molecule has 0 aliphatic rings. The second kappa shape index (κ2) is 10.3. The quantitative estimate of drug-likeness (QED) is 0.292. The van der Waals surface area contributed by atoms with Crippen LogP contribution >= 0.6 is 15.9 Å². The van der Waals surface area contributed by atoms with Gasteiger partial charge in [0.1, 0.15) is 0 Å². The van der Waals surface area contributed by atoms with E-state index in [9.17, 15) is 14.4 Å². The first-order valence-electron chi connectivity index (χ1n) is 9.30. The van der Waals surface area contributed by atoms with Gasteiger partial charge in [0, 0.05) is 15.7 Å². The van der Waals surface area contributed by atoms with E-state index in [2.05, 4.69) is 37.1 Å². The number of halogens is 1. The van der Waals surface area contributed by atoms with Gasteiger partial charge in [-0.25, -0.2) is 5.43 Å². The predicted octanol–water partition coefficient (Wildman–Crippen LogP) is 4.10. The van der Waals surface area contributed by atoms with Gasteiger partial charge >= 0.3 is 11.8 Å². The zero-order valence-corrected chi connectivity index (χ0v) is 18.1. The van der Waals surface area contributed by atoms with Crippen molar-refractivity contribution < 1.29 is 14.4 Å². The lowest BCUT2D eigenvalue weighted by atomic mass is 10.1. The summed E-state index contributed by atoms with van der Waals surface area (Å²) in [5.41, 5.74) is 5.03. The third kappa shape index (κ3) is 6.10. The van der Waals surface area contributed by atoms with Crippen LogP contribution in [0.3, 0.4) is 0 Å². The Morgan fingerprint density at radius 1 is 0.839 bits per heavy atom. The number of para-hydroxylation sites is 1. The molecular formula is C23H19BrN4O3. The molecule has 156 valence electrons. The first-order chi connectivity index (χ1) is 14.9. The molecule has 3 rings (SSSR count). The van der Waals surface area contributed by atoms with Gasteiger partial charge in [-0.2, -0.15) is 5.10 Å². The van der Waals surface area contributed by atoms with E-state index >= 15 is 0 Å². The molecule has 0 spiro atoms. The highest BCUT2D eigenvalue weighted by Gasteiger charge is 2.17. The van der Waals surface area contributed by atoms with Crippen LogP contribution in [-0.4, -0.2) is 23.9 Å². The van der Waals surface area contributed by atoms with Gasteiger partial charge in [-0.1, -0.05) is 64.0 Å². The van der Waals surface area contributed by atoms with Crippen LogP contribution < -0.4 is 16.1 Å². The molecule has 3 N–H and O–H groups in total. The molecule has 0 fully saturated rings. The summed E-state index contributed by atoms with van der Waals surface area (Å²) in [6.07, 6.45) is 1.41. The molecule has 31 heavy (non-hydrogen) atoms. The lowest BCUT2D eigenvalue weighted by Gasteiger charge is -2.11. The van der Waals surface area contributed by atoms with E-state index in [4.69, 9.17) is 0 Å². The zero-order valence-electron chi connectivity index (χ0n) is 16.6. The Balaban J connectivity index is 1.64. The SMILES string of the molecule is Cc1ccc(NC(=O)c2ccccc2NC(=O)C(=O)N/N=C/c2ccccc2Br)cc1. The van der Waals surface area contributed by atoms with Gasteiger partial charge in [0.05, 0.1) is 17.5 Å². The van der Waals surface area contributed by atoms with Gasteiger partial charge < -0.3 is 10.6 Å². The first kappa shape index (κ1) is 21.9. The van der Waals surface area contributed by atoms with Gasteiger partial charge in [0.15, 0.2) is 0 Å². The molecule has 0 aliphatic carbocycles. The molecule has 8 heteroatoms. The summed E-state index contributed by atoms with van der Waals surface area (Å²) < 4.78 is 0.797. The fourth-order valence-electron chi connectivity index (χ4n) is 2.60. The van der Waals surface area contributed by atoms with Crippen molar-refractivity contribution in [3.8, 4) is 0 Å². The number of hydrogen-bond donors (Lipinski definition) is 3. The van der Waals surface area contributed by atoms with Gasteiger partial charge in [0.25, 0.3) is 5.91 Å². The Morgan fingerprint density at radius 3 is 2.26 bits per heavy atom. The van der Waals surface area contributed by atoms with Crippen molar-refractivity contribution >= 4 is 51.2 Å². The minimum absolute atomic E-state index is 0.210. The van der Waals surface area contributed by atoms with Crippen molar-refractivity contribution in [3.63, 3.8) is 0 Å². The maximum absolute atomic E-state index is 12.6. The molecule has 0 saturated heterocycles. The Bertz CT molecular complexity index is 1140. The van der Waals surface area contributed by atoms with Crippen LogP contribution in [0.15, 0.2) is 82.4 Å². The maximum atomic E-state index is 12.6. The highest BCUT2D eigenvalue weighted by molar-refractivity contribution is 9.10. The lowest BCUT2D eigenvalue weighted by molar-refractivity contribution is -0.136. The number of aryl methyl sites for hydroxylation is 1. The molecule has 0 saturated carbocycles. The number of hydrogen-bond acceptors (Lipinski definition) is 4. The number of carbonyl (C=O) groups excluding carboxylic acids is 3. The number of rotatable bonds is 5.